The molecule has 1 aromatic carbocycles. The predicted molar refractivity (Wildman–Crippen MR) is 88.0 cm³/mol. The lowest BCUT2D eigenvalue weighted by Gasteiger charge is -2.24. The van der Waals surface area contributed by atoms with Crippen molar-refractivity contribution in [2.45, 2.75) is 26.7 Å². The summed E-state index contributed by atoms with van der Waals surface area (Å²) in [4.78, 5) is 6.58. The van der Waals surface area contributed by atoms with Gasteiger partial charge in [-0.3, -0.25) is 0 Å². The third-order valence-corrected chi connectivity index (χ3v) is 3.12. The Labute approximate surface area is 126 Å². The molecule has 4 heteroatoms. The molecule has 0 atom stereocenters. The zero-order valence-corrected chi connectivity index (χ0v) is 12.7. The van der Waals surface area contributed by atoms with Crippen molar-refractivity contribution in [2.75, 3.05) is 23.7 Å². The molecule has 0 amide bonds. The number of hydrogen-bond acceptors (Lipinski definition) is 4. The molecule has 0 fully saturated rings. The fourth-order valence-corrected chi connectivity index (χ4v) is 2.27. The van der Waals surface area contributed by atoms with Gasteiger partial charge in [-0.15, -0.1) is 0 Å². The Morgan fingerprint density at radius 2 is 1.71 bits per heavy atom. The SMILES string of the molecule is CCCN(CCC)c1cc(N)nc(Oc2ccccc2)c1. The molecule has 0 aliphatic carbocycles. The number of para-hydroxylation sites is 1. The lowest BCUT2D eigenvalue weighted by Crippen LogP contribution is -2.25. The van der Waals surface area contributed by atoms with Crippen LogP contribution >= 0.6 is 0 Å². The molecule has 1 aromatic heterocycles. The molecule has 4 nitrogen and oxygen atoms in total. The van der Waals surface area contributed by atoms with E-state index in [4.69, 9.17) is 10.5 Å². The van der Waals surface area contributed by atoms with Crippen molar-refractivity contribution >= 4 is 11.5 Å². The van der Waals surface area contributed by atoms with Gasteiger partial charge in [0.2, 0.25) is 5.88 Å². The van der Waals surface area contributed by atoms with E-state index in [0.29, 0.717) is 11.7 Å². The number of ether oxygens (including phenoxy) is 1. The molecule has 0 unspecified atom stereocenters. The molecule has 2 N–H and O–H groups in total. The molecule has 0 aliphatic heterocycles. The van der Waals surface area contributed by atoms with Gasteiger partial charge < -0.3 is 15.4 Å². The van der Waals surface area contributed by atoms with E-state index in [2.05, 4.69) is 23.7 Å². The zero-order valence-electron chi connectivity index (χ0n) is 12.7. The summed E-state index contributed by atoms with van der Waals surface area (Å²) in [5, 5.41) is 0. The molecule has 0 saturated carbocycles. The quantitative estimate of drug-likeness (QED) is 0.832. The van der Waals surface area contributed by atoms with Gasteiger partial charge in [-0.2, -0.15) is 4.98 Å². The van der Waals surface area contributed by atoms with Crippen LogP contribution in [-0.2, 0) is 0 Å². The molecular weight excluding hydrogens is 262 g/mol. The Bertz CT molecular complexity index is 551. The number of rotatable bonds is 7. The Balaban J connectivity index is 2.23. The van der Waals surface area contributed by atoms with E-state index in [-0.39, 0.29) is 0 Å². The van der Waals surface area contributed by atoms with E-state index in [9.17, 15) is 0 Å². The average molecular weight is 285 g/mol. The highest BCUT2D eigenvalue weighted by molar-refractivity contribution is 5.55. The number of benzene rings is 1. The number of anilines is 2. The van der Waals surface area contributed by atoms with Gasteiger partial charge in [0.1, 0.15) is 11.6 Å². The minimum Gasteiger partial charge on any atom is -0.439 e. The van der Waals surface area contributed by atoms with Gasteiger partial charge >= 0.3 is 0 Å². The Kier molecular flexibility index (Phi) is 5.43. The van der Waals surface area contributed by atoms with Gasteiger partial charge in [-0.25, -0.2) is 0 Å². The molecule has 1 heterocycles. The van der Waals surface area contributed by atoms with E-state index in [1.54, 1.807) is 0 Å². The van der Waals surface area contributed by atoms with E-state index >= 15 is 0 Å². The average Bonchev–Trinajstić information content (AvgIpc) is 2.47. The van der Waals surface area contributed by atoms with Crippen molar-refractivity contribution in [3.63, 3.8) is 0 Å². The summed E-state index contributed by atoms with van der Waals surface area (Å²) in [5.74, 6) is 1.78. The number of pyridine rings is 1. The third-order valence-electron chi connectivity index (χ3n) is 3.12. The molecule has 0 saturated heterocycles. The first-order chi connectivity index (χ1) is 10.2. The molecule has 2 rings (SSSR count). The summed E-state index contributed by atoms with van der Waals surface area (Å²) >= 11 is 0. The Hall–Kier alpha value is -2.23. The molecule has 0 aliphatic rings. The third kappa shape index (κ3) is 4.38. The standard InChI is InChI=1S/C17H23N3O/c1-3-10-20(11-4-2)14-12-16(18)19-17(13-14)21-15-8-6-5-7-9-15/h5-9,12-13H,3-4,10-11H2,1-2H3,(H2,18,19). The van der Waals surface area contributed by atoms with Gasteiger partial charge in [-0.1, -0.05) is 32.0 Å². The zero-order chi connectivity index (χ0) is 15.1. The lowest BCUT2D eigenvalue weighted by molar-refractivity contribution is 0.463. The van der Waals surface area contributed by atoms with Gasteiger partial charge in [0, 0.05) is 30.9 Å². The first-order valence-corrected chi connectivity index (χ1v) is 7.48. The van der Waals surface area contributed by atoms with Crippen LogP contribution in [0.2, 0.25) is 0 Å². The van der Waals surface area contributed by atoms with Crippen LogP contribution in [0.4, 0.5) is 11.5 Å². The first kappa shape index (κ1) is 15.2. The van der Waals surface area contributed by atoms with E-state index in [1.165, 1.54) is 0 Å². The Morgan fingerprint density at radius 3 is 2.33 bits per heavy atom. The summed E-state index contributed by atoms with van der Waals surface area (Å²) < 4.78 is 5.79. The van der Waals surface area contributed by atoms with Crippen LogP contribution in [0, 0.1) is 0 Å². The first-order valence-electron chi connectivity index (χ1n) is 7.48. The minimum absolute atomic E-state index is 0.482. The van der Waals surface area contributed by atoms with Crippen LogP contribution in [0.5, 0.6) is 11.6 Å². The second kappa shape index (κ2) is 7.53. The van der Waals surface area contributed by atoms with Crippen LogP contribution in [-0.4, -0.2) is 18.1 Å². The molecule has 0 bridgehead atoms. The monoisotopic (exact) mass is 285 g/mol. The van der Waals surface area contributed by atoms with E-state index in [0.717, 1.165) is 37.4 Å². The van der Waals surface area contributed by atoms with Crippen molar-refractivity contribution in [3.8, 4) is 11.6 Å². The van der Waals surface area contributed by atoms with Crippen molar-refractivity contribution in [2.24, 2.45) is 0 Å². The van der Waals surface area contributed by atoms with Crippen LogP contribution in [0.15, 0.2) is 42.5 Å². The lowest BCUT2D eigenvalue weighted by atomic mass is 10.3. The van der Waals surface area contributed by atoms with Crippen LogP contribution in [0.3, 0.4) is 0 Å². The van der Waals surface area contributed by atoms with Crippen molar-refractivity contribution < 1.29 is 4.74 Å². The van der Waals surface area contributed by atoms with E-state index < -0.39 is 0 Å². The minimum atomic E-state index is 0.482. The second-order valence-electron chi connectivity index (χ2n) is 4.99. The molecule has 21 heavy (non-hydrogen) atoms. The molecule has 2 aromatic rings. The second-order valence-corrected chi connectivity index (χ2v) is 4.99. The largest absolute Gasteiger partial charge is 0.439 e. The molecule has 0 radical (unpaired) electrons. The highest BCUT2D eigenvalue weighted by Crippen LogP contribution is 2.26. The highest BCUT2D eigenvalue weighted by atomic mass is 16.5. The Morgan fingerprint density at radius 1 is 1.05 bits per heavy atom. The van der Waals surface area contributed by atoms with Gasteiger partial charge in [0.05, 0.1) is 0 Å². The summed E-state index contributed by atoms with van der Waals surface area (Å²) in [7, 11) is 0. The molecule has 112 valence electrons. The summed E-state index contributed by atoms with van der Waals surface area (Å²) in [6, 6.07) is 13.5. The van der Waals surface area contributed by atoms with Gasteiger partial charge in [-0.05, 0) is 25.0 Å². The maximum absolute atomic E-state index is 5.93. The van der Waals surface area contributed by atoms with E-state index in [1.807, 2.05) is 42.5 Å². The smallest absolute Gasteiger partial charge is 0.223 e. The number of aromatic nitrogens is 1. The number of nitrogen functional groups attached to an aromatic ring is 1. The number of hydrogen-bond donors (Lipinski definition) is 1. The summed E-state index contributed by atoms with van der Waals surface area (Å²) in [6.45, 7) is 6.35. The van der Waals surface area contributed by atoms with Crippen molar-refractivity contribution in [1.29, 1.82) is 0 Å². The van der Waals surface area contributed by atoms with Crippen LogP contribution < -0.4 is 15.4 Å². The molecular formula is C17H23N3O. The van der Waals surface area contributed by atoms with Crippen LogP contribution in [0.1, 0.15) is 26.7 Å². The maximum Gasteiger partial charge on any atom is 0.223 e. The topological polar surface area (TPSA) is 51.4 Å². The number of nitrogens with zero attached hydrogens (tertiary/aromatic N) is 2. The fraction of sp³-hybridized carbons (Fsp3) is 0.353. The maximum atomic E-state index is 5.93. The summed E-state index contributed by atoms with van der Waals surface area (Å²) in [5.41, 5.74) is 6.99. The normalized spacial score (nSPS) is 10.4. The summed E-state index contributed by atoms with van der Waals surface area (Å²) in [6.07, 6.45) is 2.19. The highest BCUT2D eigenvalue weighted by Gasteiger charge is 2.09. The predicted octanol–water partition coefficient (Wildman–Crippen LogP) is 4.08. The van der Waals surface area contributed by atoms with Gasteiger partial charge in [0.15, 0.2) is 0 Å². The van der Waals surface area contributed by atoms with Gasteiger partial charge in [0.25, 0.3) is 0 Å². The van der Waals surface area contributed by atoms with Crippen molar-refractivity contribution in [3.05, 3.63) is 42.5 Å². The van der Waals surface area contributed by atoms with Crippen molar-refractivity contribution in [1.82, 2.24) is 4.98 Å². The number of nitrogens with two attached hydrogens (primary N) is 1. The van der Waals surface area contributed by atoms with Crippen LogP contribution in [0.25, 0.3) is 0 Å². The fourth-order valence-electron chi connectivity index (χ4n) is 2.27. The molecule has 0 spiro atoms.